The summed E-state index contributed by atoms with van der Waals surface area (Å²) in [5, 5.41) is 0.664. The van der Waals surface area contributed by atoms with Crippen LogP contribution in [0.2, 0.25) is 5.02 Å². The van der Waals surface area contributed by atoms with Gasteiger partial charge in [0.05, 0.1) is 11.6 Å². The summed E-state index contributed by atoms with van der Waals surface area (Å²) in [6.45, 7) is 0. The van der Waals surface area contributed by atoms with Crippen LogP contribution >= 0.6 is 27.5 Å². The lowest BCUT2D eigenvalue weighted by Crippen LogP contribution is -2.27. The summed E-state index contributed by atoms with van der Waals surface area (Å²) >= 11 is 9.70. The fourth-order valence-electron chi connectivity index (χ4n) is 3.01. The first-order chi connectivity index (χ1) is 10.1. The van der Waals surface area contributed by atoms with Crippen molar-refractivity contribution in [3.8, 4) is 5.75 Å². The van der Waals surface area contributed by atoms with E-state index in [9.17, 15) is 0 Å². The van der Waals surface area contributed by atoms with E-state index in [1.165, 1.54) is 5.56 Å². The van der Waals surface area contributed by atoms with E-state index in [-0.39, 0.29) is 11.5 Å². The molecule has 2 N–H and O–H groups in total. The second-order valence-corrected chi connectivity index (χ2v) is 6.80. The minimum atomic E-state index is -0.134. The van der Waals surface area contributed by atoms with Crippen LogP contribution < -0.4 is 10.5 Å². The van der Waals surface area contributed by atoms with Crippen molar-refractivity contribution in [1.29, 1.82) is 0 Å². The minimum absolute atomic E-state index is 0.00133. The van der Waals surface area contributed by atoms with Gasteiger partial charge in [-0.3, -0.25) is 0 Å². The van der Waals surface area contributed by atoms with Crippen LogP contribution in [0.15, 0.2) is 46.9 Å². The zero-order chi connectivity index (χ0) is 15.0. The van der Waals surface area contributed by atoms with Crippen molar-refractivity contribution in [2.75, 3.05) is 7.11 Å². The van der Waals surface area contributed by atoms with Crippen molar-refractivity contribution >= 4 is 27.5 Å². The predicted octanol–water partition coefficient (Wildman–Crippen LogP) is 4.84. The van der Waals surface area contributed by atoms with Crippen LogP contribution in [0.4, 0.5) is 0 Å². The second-order valence-electron chi connectivity index (χ2n) is 5.51. The van der Waals surface area contributed by atoms with E-state index in [0.717, 1.165) is 28.6 Å². The molecule has 2 aromatic carbocycles. The zero-order valence-electron chi connectivity index (χ0n) is 11.8. The molecule has 110 valence electrons. The van der Waals surface area contributed by atoms with Gasteiger partial charge < -0.3 is 10.5 Å². The average Bonchev–Trinajstić information content (AvgIpc) is 3.28. The lowest BCUT2D eigenvalue weighted by atomic mass is 9.84. The number of methoxy groups -OCH3 is 1. The summed E-state index contributed by atoms with van der Waals surface area (Å²) < 4.78 is 6.37. The summed E-state index contributed by atoms with van der Waals surface area (Å²) in [5.74, 6) is 0.772. The standard InChI is InChI=1S/C17H17BrClNO/c1-21-15-13(9-12(19)10-14(15)18)16(20)17(7-8-17)11-5-3-2-4-6-11/h2-6,9-10,16H,7-8,20H2,1H3. The van der Waals surface area contributed by atoms with E-state index in [1.54, 1.807) is 7.11 Å². The molecular weight excluding hydrogens is 350 g/mol. The Bertz CT molecular complexity index is 655. The fourth-order valence-corrected chi connectivity index (χ4v) is 4.00. The monoisotopic (exact) mass is 365 g/mol. The van der Waals surface area contributed by atoms with Gasteiger partial charge in [-0.05, 0) is 46.5 Å². The Morgan fingerprint density at radius 1 is 1.24 bits per heavy atom. The van der Waals surface area contributed by atoms with Crippen LogP contribution in [0, 0.1) is 0 Å². The van der Waals surface area contributed by atoms with Crippen LogP contribution in [0.5, 0.6) is 5.75 Å². The Hall–Kier alpha value is -1.03. The molecule has 1 fully saturated rings. The van der Waals surface area contributed by atoms with E-state index < -0.39 is 0 Å². The number of ether oxygens (including phenoxy) is 1. The molecule has 0 aliphatic heterocycles. The molecule has 0 amide bonds. The predicted molar refractivity (Wildman–Crippen MR) is 90.0 cm³/mol. The van der Waals surface area contributed by atoms with Gasteiger partial charge in [0.2, 0.25) is 0 Å². The first-order valence-corrected chi connectivity index (χ1v) is 8.09. The molecule has 3 rings (SSSR count). The first kappa shape index (κ1) is 14.9. The molecule has 0 saturated heterocycles. The highest BCUT2D eigenvalue weighted by atomic mass is 79.9. The Labute approximate surface area is 138 Å². The smallest absolute Gasteiger partial charge is 0.137 e. The highest BCUT2D eigenvalue weighted by molar-refractivity contribution is 9.10. The van der Waals surface area contributed by atoms with E-state index >= 15 is 0 Å². The molecule has 1 atom stereocenters. The second kappa shape index (κ2) is 5.64. The SMILES string of the molecule is COc1c(Br)cc(Cl)cc1C(N)C1(c2ccccc2)CC1. The number of hydrogen-bond acceptors (Lipinski definition) is 2. The summed E-state index contributed by atoms with van der Waals surface area (Å²) in [5.41, 5.74) is 8.86. The number of nitrogens with two attached hydrogens (primary N) is 1. The van der Waals surface area contributed by atoms with Gasteiger partial charge in [0, 0.05) is 22.0 Å². The van der Waals surface area contributed by atoms with Crippen LogP contribution in [-0.4, -0.2) is 7.11 Å². The Kier molecular flexibility index (Phi) is 4.00. The van der Waals surface area contributed by atoms with Gasteiger partial charge >= 0.3 is 0 Å². The van der Waals surface area contributed by atoms with Crippen molar-refractivity contribution in [2.24, 2.45) is 5.73 Å². The number of rotatable bonds is 4. The highest BCUT2D eigenvalue weighted by Crippen LogP contribution is 2.57. The lowest BCUT2D eigenvalue weighted by molar-refractivity contribution is 0.396. The van der Waals surface area contributed by atoms with Crippen molar-refractivity contribution in [3.63, 3.8) is 0 Å². The summed E-state index contributed by atoms with van der Waals surface area (Å²) in [4.78, 5) is 0. The molecule has 1 saturated carbocycles. The quantitative estimate of drug-likeness (QED) is 0.840. The number of halogens is 2. The molecule has 2 nitrogen and oxygen atoms in total. The molecule has 2 aromatic rings. The molecule has 21 heavy (non-hydrogen) atoms. The molecule has 1 aliphatic rings. The maximum absolute atomic E-state index is 6.62. The molecule has 0 aromatic heterocycles. The molecule has 0 spiro atoms. The maximum Gasteiger partial charge on any atom is 0.137 e. The summed E-state index contributed by atoms with van der Waals surface area (Å²) in [6.07, 6.45) is 2.18. The largest absolute Gasteiger partial charge is 0.495 e. The van der Waals surface area contributed by atoms with Crippen molar-refractivity contribution < 1.29 is 4.74 Å². The minimum Gasteiger partial charge on any atom is -0.495 e. The molecule has 4 heteroatoms. The van der Waals surface area contributed by atoms with Gasteiger partial charge in [0.25, 0.3) is 0 Å². The number of benzene rings is 2. The van der Waals surface area contributed by atoms with Gasteiger partial charge in [-0.1, -0.05) is 41.9 Å². The third-order valence-electron chi connectivity index (χ3n) is 4.31. The van der Waals surface area contributed by atoms with E-state index in [2.05, 4.69) is 40.2 Å². The van der Waals surface area contributed by atoms with Gasteiger partial charge in [0.15, 0.2) is 0 Å². The first-order valence-electron chi connectivity index (χ1n) is 6.92. The van der Waals surface area contributed by atoms with Crippen LogP contribution in [-0.2, 0) is 5.41 Å². The molecule has 1 unspecified atom stereocenters. The van der Waals surface area contributed by atoms with Gasteiger partial charge in [0.1, 0.15) is 5.75 Å². The van der Waals surface area contributed by atoms with Crippen LogP contribution in [0.1, 0.15) is 30.0 Å². The number of hydrogen-bond donors (Lipinski definition) is 1. The van der Waals surface area contributed by atoms with Crippen LogP contribution in [0.25, 0.3) is 0 Å². The fraction of sp³-hybridized carbons (Fsp3) is 0.294. The molecule has 0 radical (unpaired) electrons. The topological polar surface area (TPSA) is 35.2 Å². The van der Waals surface area contributed by atoms with Gasteiger partial charge in [-0.2, -0.15) is 0 Å². The van der Waals surface area contributed by atoms with E-state index in [0.29, 0.717) is 5.02 Å². The molecular formula is C17H17BrClNO. The Balaban J connectivity index is 2.05. The molecule has 1 aliphatic carbocycles. The normalized spacial score (nSPS) is 17.3. The summed E-state index contributed by atoms with van der Waals surface area (Å²) in [6, 6.07) is 14.1. The summed E-state index contributed by atoms with van der Waals surface area (Å²) in [7, 11) is 1.66. The van der Waals surface area contributed by atoms with Crippen molar-refractivity contribution in [3.05, 3.63) is 63.1 Å². The van der Waals surface area contributed by atoms with Gasteiger partial charge in [-0.15, -0.1) is 0 Å². The third-order valence-corrected chi connectivity index (χ3v) is 5.12. The van der Waals surface area contributed by atoms with Crippen LogP contribution in [0.3, 0.4) is 0 Å². The zero-order valence-corrected chi connectivity index (χ0v) is 14.1. The average molecular weight is 367 g/mol. The third kappa shape index (κ3) is 2.59. The maximum atomic E-state index is 6.62. The Morgan fingerprint density at radius 3 is 2.48 bits per heavy atom. The molecule has 0 bridgehead atoms. The van der Waals surface area contributed by atoms with E-state index in [1.807, 2.05) is 18.2 Å². The molecule has 0 heterocycles. The van der Waals surface area contributed by atoms with Crippen molar-refractivity contribution in [2.45, 2.75) is 24.3 Å². The van der Waals surface area contributed by atoms with Crippen molar-refractivity contribution in [1.82, 2.24) is 0 Å². The highest BCUT2D eigenvalue weighted by Gasteiger charge is 2.50. The Morgan fingerprint density at radius 2 is 1.90 bits per heavy atom. The lowest BCUT2D eigenvalue weighted by Gasteiger charge is -2.26. The van der Waals surface area contributed by atoms with Gasteiger partial charge in [-0.25, -0.2) is 0 Å². The van der Waals surface area contributed by atoms with E-state index in [4.69, 9.17) is 22.1 Å².